The summed E-state index contributed by atoms with van der Waals surface area (Å²) in [6, 6.07) is 13.0. The van der Waals surface area contributed by atoms with Gasteiger partial charge in [0, 0.05) is 58.6 Å². The molecule has 0 bridgehead atoms. The van der Waals surface area contributed by atoms with E-state index in [0.29, 0.717) is 49.8 Å². The van der Waals surface area contributed by atoms with Crippen LogP contribution in [0.4, 0.5) is 10.1 Å². The monoisotopic (exact) mass is 543 g/mol. The van der Waals surface area contributed by atoms with Gasteiger partial charge in [0.25, 0.3) is 5.91 Å². The van der Waals surface area contributed by atoms with Gasteiger partial charge in [-0.2, -0.15) is 0 Å². The Morgan fingerprint density at radius 3 is 2.55 bits per heavy atom. The zero-order valence-corrected chi connectivity index (χ0v) is 22.0. The summed E-state index contributed by atoms with van der Waals surface area (Å²) in [6.45, 7) is 6.63. The molecular weight excluding hydrogens is 513 g/mol. The zero-order valence-electron chi connectivity index (χ0n) is 22.0. The van der Waals surface area contributed by atoms with Crippen LogP contribution in [-0.4, -0.2) is 85.8 Å². The Balaban J connectivity index is 1.38. The van der Waals surface area contributed by atoms with Crippen LogP contribution < -0.4 is 20.8 Å². The molecular formula is C30H30FN5O4. The number of pyridine rings is 1. The van der Waals surface area contributed by atoms with Crippen molar-refractivity contribution in [2.24, 2.45) is 0 Å². The van der Waals surface area contributed by atoms with Gasteiger partial charge in [-0.1, -0.05) is 24.3 Å². The minimum Gasteiger partial charge on any atom is -0.451 e. The number of fused-ring (bicyclic) bond motifs is 3. The van der Waals surface area contributed by atoms with Gasteiger partial charge in [0.2, 0.25) is 5.43 Å². The average Bonchev–Trinajstić information content (AvgIpc) is 2.99. The molecule has 206 valence electrons. The molecule has 0 saturated carbocycles. The maximum absolute atomic E-state index is 15.8. The molecule has 3 aromatic carbocycles. The van der Waals surface area contributed by atoms with Crippen molar-refractivity contribution in [3.05, 3.63) is 70.3 Å². The van der Waals surface area contributed by atoms with Crippen LogP contribution >= 0.6 is 0 Å². The minimum absolute atomic E-state index is 0.000163. The third-order valence-electron chi connectivity index (χ3n) is 7.96. The smallest absolute Gasteiger partial charge is 0.259 e. The van der Waals surface area contributed by atoms with Crippen LogP contribution in [0, 0.1) is 5.82 Å². The maximum Gasteiger partial charge on any atom is 0.259 e. The van der Waals surface area contributed by atoms with E-state index in [1.807, 2.05) is 41.0 Å². The summed E-state index contributed by atoms with van der Waals surface area (Å²) in [5.41, 5.74) is 0.827. The number of halogens is 1. The number of nitrogens with one attached hydrogen (secondary N) is 2. The number of benzene rings is 3. The summed E-state index contributed by atoms with van der Waals surface area (Å²) >= 11 is 0. The first kappa shape index (κ1) is 25.0. The van der Waals surface area contributed by atoms with Crippen LogP contribution in [0.15, 0.2) is 53.5 Å². The van der Waals surface area contributed by atoms with Crippen LogP contribution in [0.5, 0.6) is 11.5 Å². The molecule has 40 heavy (non-hydrogen) atoms. The fraction of sp³-hybridized carbons (Fsp3) is 0.333. The molecule has 9 nitrogen and oxygen atoms in total. The second-order valence-corrected chi connectivity index (χ2v) is 10.4. The van der Waals surface area contributed by atoms with Crippen LogP contribution in [-0.2, 0) is 4.74 Å². The van der Waals surface area contributed by atoms with Crippen molar-refractivity contribution >= 4 is 33.3 Å². The van der Waals surface area contributed by atoms with E-state index in [1.54, 1.807) is 11.1 Å². The van der Waals surface area contributed by atoms with E-state index in [9.17, 15) is 9.59 Å². The number of carbonyl (C=O) groups is 1. The SMILES string of the molecule is O=C(c1cn2c3c(c(NCCN4CCNCC4)c(F)cc3c1=O)Oc1cc3ccccc3cc1-2)N1CCOCC1. The fourth-order valence-corrected chi connectivity index (χ4v) is 5.83. The van der Waals surface area contributed by atoms with E-state index in [4.69, 9.17) is 9.47 Å². The molecule has 0 radical (unpaired) electrons. The van der Waals surface area contributed by atoms with Gasteiger partial charge in [0.1, 0.15) is 16.8 Å². The Morgan fingerprint density at radius 1 is 1.02 bits per heavy atom. The van der Waals surface area contributed by atoms with Gasteiger partial charge in [-0.25, -0.2) is 4.39 Å². The first-order valence-electron chi connectivity index (χ1n) is 13.8. The summed E-state index contributed by atoms with van der Waals surface area (Å²) in [7, 11) is 0. The molecule has 0 aliphatic carbocycles. The van der Waals surface area contributed by atoms with Gasteiger partial charge >= 0.3 is 0 Å². The summed E-state index contributed by atoms with van der Waals surface area (Å²) in [6.07, 6.45) is 1.59. The number of rotatable bonds is 5. The second-order valence-electron chi connectivity index (χ2n) is 10.4. The molecule has 4 heterocycles. The van der Waals surface area contributed by atoms with Gasteiger partial charge in [-0.3, -0.25) is 14.5 Å². The highest BCUT2D eigenvalue weighted by Crippen LogP contribution is 2.46. The topological polar surface area (TPSA) is 88.1 Å². The van der Waals surface area contributed by atoms with Gasteiger partial charge in [0.15, 0.2) is 17.3 Å². The number of morpholine rings is 1. The van der Waals surface area contributed by atoms with Crippen LogP contribution in [0.1, 0.15) is 10.4 Å². The van der Waals surface area contributed by atoms with Crippen molar-refractivity contribution in [3.8, 4) is 17.2 Å². The van der Waals surface area contributed by atoms with E-state index in [2.05, 4.69) is 15.5 Å². The first-order chi connectivity index (χ1) is 19.6. The molecule has 3 aliphatic rings. The standard InChI is InChI=1S/C30H30FN5O4/c31-23-17-21-27-29(26(23)33-7-10-34-8-5-32-6-9-34)40-25-16-20-4-2-1-3-19(20)15-24(25)36(27)18-22(28(21)37)30(38)35-11-13-39-14-12-35/h1-4,15-18,32-33H,5-14H2. The number of anilines is 1. The summed E-state index contributed by atoms with van der Waals surface area (Å²) in [4.78, 5) is 31.2. The number of hydrogen-bond donors (Lipinski definition) is 2. The second kappa shape index (κ2) is 10.2. The van der Waals surface area contributed by atoms with Crippen molar-refractivity contribution in [2.75, 3.05) is 70.9 Å². The lowest BCUT2D eigenvalue weighted by molar-refractivity contribution is 0.0302. The molecule has 4 aromatic rings. The quantitative estimate of drug-likeness (QED) is 0.352. The van der Waals surface area contributed by atoms with Crippen LogP contribution in [0.2, 0.25) is 0 Å². The molecule has 1 aromatic heterocycles. The Bertz CT molecular complexity index is 1690. The van der Waals surface area contributed by atoms with Crippen molar-refractivity contribution in [2.45, 2.75) is 0 Å². The Morgan fingerprint density at radius 2 is 1.77 bits per heavy atom. The number of aromatic nitrogens is 1. The fourth-order valence-electron chi connectivity index (χ4n) is 5.83. The Hall–Kier alpha value is -3.99. The minimum atomic E-state index is -0.591. The first-order valence-corrected chi connectivity index (χ1v) is 13.8. The molecule has 7 rings (SSSR count). The predicted octanol–water partition coefficient (Wildman–Crippen LogP) is 3.18. The normalized spacial score (nSPS) is 17.1. The molecule has 1 amide bonds. The Labute approximate surface area is 230 Å². The van der Waals surface area contributed by atoms with E-state index >= 15 is 4.39 Å². The lowest BCUT2D eigenvalue weighted by Crippen LogP contribution is -2.45. The van der Waals surface area contributed by atoms with Crippen molar-refractivity contribution < 1.29 is 18.7 Å². The van der Waals surface area contributed by atoms with E-state index < -0.39 is 11.2 Å². The summed E-state index contributed by atoms with van der Waals surface area (Å²) < 4.78 is 29.3. The van der Waals surface area contributed by atoms with E-state index in [0.717, 1.165) is 43.5 Å². The lowest BCUT2D eigenvalue weighted by atomic mass is 10.0. The highest BCUT2D eigenvalue weighted by molar-refractivity contribution is 6.02. The number of nitrogens with zero attached hydrogens (tertiary/aromatic N) is 3. The van der Waals surface area contributed by atoms with Gasteiger partial charge in [-0.05, 0) is 29.0 Å². The summed E-state index contributed by atoms with van der Waals surface area (Å²) in [5.74, 6) is -0.197. The highest BCUT2D eigenvalue weighted by Gasteiger charge is 2.30. The van der Waals surface area contributed by atoms with Crippen molar-refractivity contribution in [1.82, 2.24) is 19.7 Å². The number of piperazine rings is 1. The Kier molecular flexibility index (Phi) is 6.38. The van der Waals surface area contributed by atoms with Crippen LogP contribution in [0.25, 0.3) is 27.4 Å². The molecule has 2 N–H and O–H groups in total. The molecule has 2 fully saturated rings. The number of ether oxygens (including phenoxy) is 2. The lowest BCUT2D eigenvalue weighted by Gasteiger charge is -2.29. The number of carbonyl (C=O) groups excluding carboxylic acids is 1. The highest BCUT2D eigenvalue weighted by atomic mass is 19.1. The third kappa shape index (κ3) is 4.28. The van der Waals surface area contributed by atoms with Gasteiger partial charge < -0.3 is 29.6 Å². The average molecular weight is 544 g/mol. The van der Waals surface area contributed by atoms with Crippen molar-refractivity contribution in [3.63, 3.8) is 0 Å². The van der Waals surface area contributed by atoms with E-state index in [-0.39, 0.29) is 28.3 Å². The van der Waals surface area contributed by atoms with Crippen molar-refractivity contribution in [1.29, 1.82) is 0 Å². The molecule has 2 saturated heterocycles. The molecule has 0 spiro atoms. The molecule has 0 atom stereocenters. The van der Waals surface area contributed by atoms with Crippen LogP contribution in [0.3, 0.4) is 0 Å². The van der Waals surface area contributed by atoms with Gasteiger partial charge in [0.05, 0.1) is 24.3 Å². The number of hydrogen-bond acceptors (Lipinski definition) is 7. The van der Waals surface area contributed by atoms with E-state index in [1.165, 1.54) is 6.07 Å². The van der Waals surface area contributed by atoms with Gasteiger partial charge in [-0.15, -0.1) is 0 Å². The molecule has 3 aliphatic heterocycles. The molecule has 10 heteroatoms. The number of amides is 1. The third-order valence-corrected chi connectivity index (χ3v) is 7.96. The summed E-state index contributed by atoms with van der Waals surface area (Å²) in [5, 5.41) is 8.64. The zero-order chi connectivity index (χ0) is 27.2. The maximum atomic E-state index is 15.8. The molecule has 0 unspecified atom stereocenters. The predicted molar refractivity (Wildman–Crippen MR) is 152 cm³/mol. The largest absolute Gasteiger partial charge is 0.451 e.